The van der Waals surface area contributed by atoms with Gasteiger partial charge in [0.05, 0.1) is 19.3 Å². The molecule has 3 nitrogen and oxygen atoms in total. The quantitative estimate of drug-likeness (QED) is 0.774. The van der Waals surface area contributed by atoms with Crippen molar-refractivity contribution < 1.29 is 14.6 Å². The zero-order chi connectivity index (χ0) is 11.9. The molecule has 2 aliphatic rings. The molecule has 0 unspecified atom stereocenters. The zero-order valence-corrected chi connectivity index (χ0v) is 10.2. The van der Waals surface area contributed by atoms with E-state index in [9.17, 15) is 5.11 Å². The van der Waals surface area contributed by atoms with Gasteiger partial charge < -0.3 is 14.6 Å². The Bertz CT molecular complexity index is 427. The number of aliphatic hydroxyl groups is 1. The van der Waals surface area contributed by atoms with E-state index in [1.807, 2.05) is 6.07 Å². The SMILES string of the molecule is O[C@@H]1CC2(CCOCC2)Oc2ccc(Cl)cc21. The maximum atomic E-state index is 10.2. The van der Waals surface area contributed by atoms with E-state index < -0.39 is 6.10 Å². The molecule has 0 aliphatic carbocycles. The molecule has 3 rings (SSSR count). The highest BCUT2D eigenvalue weighted by Gasteiger charge is 2.41. The van der Waals surface area contributed by atoms with Gasteiger partial charge in [-0.05, 0) is 18.2 Å². The lowest BCUT2D eigenvalue weighted by Gasteiger charge is -2.43. The summed E-state index contributed by atoms with van der Waals surface area (Å²) < 4.78 is 11.4. The summed E-state index contributed by atoms with van der Waals surface area (Å²) in [5.41, 5.74) is 0.549. The van der Waals surface area contributed by atoms with Crippen LogP contribution in [-0.4, -0.2) is 23.9 Å². The predicted molar refractivity (Wildman–Crippen MR) is 64.4 cm³/mol. The van der Waals surface area contributed by atoms with Crippen LogP contribution in [-0.2, 0) is 4.74 Å². The van der Waals surface area contributed by atoms with Crippen molar-refractivity contribution >= 4 is 11.6 Å². The molecule has 17 heavy (non-hydrogen) atoms. The molecule has 1 N–H and O–H groups in total. The van der Waals surface area contributed by atoms with Crippen molar-refractivity contribution in [1.29, 1.82) is 0 Å². The number of aliphatic hydroxyl groups excluding tert-OH is 1. The second-order valence-corrected chi connectivity index (χ2v) is 5.24. The first kappa shape index (κ1) is 11.3. The fourth-order valence-corrected chi connectivity index (χ4v) is 2.84. The molecule has 2 aliphatic heterocycles. The molecule has 92 valence electrons. The fraction of sp³-hybridized carbons (Fsp3) is 0.538. The van der Waals surface area contributed by atoms with E-state index >= 15 is 0 Å². The average Bonchev–Trinajstić information content (AvgIpc) is 2.31. The first-order chi connectivity index (χ1) is 8.19. The minimum absolute atomic E-state index is 0.251. The molecule has 1 aromatic rings. The minimum atomic E-state index is -0.490. The van der Waals surface area contributed by atoms with Crippen LogP contribution in [0.4, 0.5) is 0 Å². The van der Waals surface area contributed by atoms with Gasteiger partial charge in [0, 0.05) is 29.8 Å². The summed E-state index contributed by atoms with van der Waals surface area (Å²) in [4.78, 5) is 0. The van der Waals surface area contributed by atoms with Gasteiger partial charge in [0.15, 0.2) is 0 Å². The number of halogens is 1. The van der Waals surface area contributed by atoms with E-state index in [2.05, 4.69) is 0 Å². The number of hydrogen-bond donors (Lipinski definition) is 1. The monoisotopic (exact) mass is 254 g/mol. The third-order valence-corrected chi connectivity index (χ3v) is 3.86. The molecule has 2 heterocycles. The molecule has 0 aromatic heterocycles. The number of fused-ring (bicyclic) bond motifs is 1. The Hall–Kier alpha value is -0.770. The van der Waals surface area contributed by atoms with Crippen molar-refractivity contribution in [3.05, 3.63) is 28.8 Å². The number of ether oxygens (including phenoxy) is 2. The van der Waals surface area contributed by atoms with E-state index in [4.69, 9.17) is 21.1 Å². The number of rotatable bonds is 0. The Morgan fingerprint density at radius 2 is 2.06 bits per heavy atom. The van der Waals surface area contributed by atoms with Crippen LogP contribution in [0.2, 0.25) is 5.02 Å². The first-order valence-electron chi connectivity index (χ1n) is 5.93. The standard InChI is InChI=1S/C13H15ClO3/c14-9-1-2-12-10(7-9)11(15)8-13(17-12)3-5-16-6-4-13/h1-2,7,11,15H,3-6,8H2/t11-/m1/s1. The molecule has 4 heteroatoms. The van der Waals surface area contributed by atoms with E-state index in [-0.39, 0.29) is 5.60 Å². The molecule has 1 saturated heterocycles. The molecule has 1 fully saturated rings. The molecule has 0 radical (unpaired) electrons. The van der Waals surface area contributed by atoms with Gasteiger partial charge in [-0.1, -0.05) is 11.6 Å². The summed E-state index contributed by atoms with van der Waals surface area (Å²) in [7, 11) is 0. The van der Waals surface area contributed by atoms with Crippen molar-refractivity contribution in [1.82, 2.24) is 0 Å². The molecule has 1 spiro atoms. The van der Waals surface area contributed by atoms with Crippen molar-refractivity contribution in [2.45, 2.75) is 31.0 Å². The molecule has 1 atom stereocenters. The van der Waals surface area contributed by atoms with Gasteiger partial charge in [0.2, 0.25) is 0 Å². The lowest BCUT2D eigenvalue weighted by atomic mass is 9.83. The lowest BCUT2D eigenvalue weighted by molar-refractivity contribution is -0.0839. The zero-order valence-electron chi connectivity index (χ0n) is 9.49. The van der Waals surface area contributed by atoms with E-state index in [0.717, 1.165) is 24.2 Å². The van der Waals surface area contributed by atoms with Gasteiger partial charge in [-0.2, -0.15) is 0 Å². The van der Waals surface area contributed by atoms with Crippen LogP contribution in [0.25, 0.3) is 0 Å². The summed E-state index contributed by atoms with van der Waals surface area (Å²) in [6.07, 6.45) is 1.82. The van der Waals surface area contributed by atoms with Gasteiger partial charge in [-0.25, -0.2) is 0 Å². The molecular weight excluding hydrogens is 240 g/mol. The van der Waals surface area contributed by atoms with Gasteiger partial charge in [-0.15, -0.1) is 0 Å². The third kappa shape index (κ3) is 2.03. The van der Waals surface area contributed by atoms with Crippen LogP contribution in [0.3, 0.4) is 0 Å². The van der Waals surface area contributed by atoms with Crippen LogP contribution in [0.5, 0.6) is 5.75 Å². The van der Waals surface area contributed by atoms with Crippen LogP contribution in [0.1, 0.15) is 30.9 Å². The number of hydrogen-bond acceptors (Lipinski definition) is 3. The Morgan fingerprint density at radius 1 is 1.29 bits per heavy atom. The molecule has 0 bridgehead atoms. The lowest BCUT2D eigenvalue weighted by Crippen LogP contribution is -2.45. The highest BCUT2D eigenvalue weighted by atomic mass is 35.5. The van der Waals surface area contributed by atoms with Crippen molar-refractivity contribution in [3.63, 3.8) is 0 Å². The average molecular weight is 255 g/mol. The molecule has 0 saturated carbocycles. The Kier molecular flexibility index (Phi) is 2.77. The summed E-state index contributed by atoms with van der Waals surface area (Å²) in [6.45, 7) is 1.41. The smallest absolute Gasteiger partial charge is 0.126 e. The Morgan fingerprint density at radius 3 is 2.82 bits per heavy atom. The van der Waals surface area contributed by atoms with E-state index in [1.54, 1.807) is 12.1 Å². The van der Waals surface area contributed by atoms with Crippen molar-refractivity contribution in [3.8, 4) is 5.75 Å². The van der Waals surface area contributed by atoms with Gasteiger partial charge in [0.1, 0.15) is 11.4 Å². The maximum Gasteiger partial charge on any atom is 0.126 e. The number of benzene rings is 1. The van der Waals surface area contributed by atoms with Gasteiger partial charge in [-0.3, -0.25) is 0 Å². The second kappa shape index (κ2) is 4.16. The van der Waals surface area contributed by atoms with Crippen LogP contribution < -0.4 is 4.74 Å². The first-order valence-corrected chi connectivity index (χ1v) is 6.31. The predicted octanol–water partition coefficient (Wildman–Crippen LogP) is 2.71. The third-order valence-electron chi connectivity index (χ3n) is 3.63. The summed E-state index contributed by atoms with van der Waals surface area (Å²) in [5.74, 6) is 0.759. The highest BCUT2D eigenvalue weighted by molar-refractivity contribution is 6.30. The molecular formula is C13H15ClO3. The van der Waals surface area contributed by atoms with Crippen LogP contribution in [0.15, 0.2) is 18.2 Å². The molecule has 1 aromatic carbocycles. The second-order valence-electron chi connectivity index (χ2n) is 4.80. The van der Waals surface area contributed by atoms with Crippen LogP contribution >= 0.6 is 11.6 Å². The normalized spacial score (nSPS) is 26.4. The topological polar surface area (TPSA) is 38.7 Å². The summed E-state index contributed by atoms with van der Waals surface area (Å²) in [6, 6.07) is 5.43. The highest BCUT2D eigenvalue weighted by Crippen LogP contribution is 2.44. The fourth-order valence-electron chi connectivity index (χ4n) is 2.66. The largest absolute Gasteiger partial charge is 0.487 e. The van der Waals surface area contributed by atoms with Crippen LogP contribution in [0, 0.1) is 0 Å². The maximum absolute atomic E-state index is 10.2. The summed E-state index contributed by atoms with van der Waals surface area (Å²) >= 11 is 5.93. The van der Waals surface area contributed by atoms with Crippen molar-refractivity contribution in [2.75, 3.05) is 13.2 Å². The minimum Gasteiger partial charge on any atom is -0.487 e. The molecule has 0 amide bonds. The van der Waals surface area contributed by atoms with Gasteiger partial charge in [0.25, 0.3) is 0 Å². The van der Waals surface area contributed by atoms with E-state index in [0.29, 0.717) is 24.7 Å². The Balaban J connectivity index is 1.94. The Labute approximate surface area is 105 Å². The van der Waals surface area contributed by atoms with E-state index in [1.165, 1.54) is 0 Å². The summed E-state index contributed by atoms with van der Waals surface area (Å²) in [5, 5.41) is 10.9. The van der Waals surface area contributed by atoms with Crippen molar-refractivity contribution in [2.24, 2.45) is 0 Å². The van der Waals surface area contributed by atoms with Gasteiger partial charge >= 0.3 is 0 Å².